The van der Waals surface area contributed by atoms with Crippen molar-refractivity contribution in [3.05, 3.63) is 0 Å². The molecule has 0 saturated carbocycles. The smallest absolute Gasteiger partial charge is 0.326 e. The van der Waals surface area contributed by atoms with E-state index in [0.29, 0.717) is 0 Å². The molecular weight excluding hydrogens is 708 g/mol. The first kappa shape index (κ1) is 46.1. The summed E-state index contributed by atoms with van der Waals surface area (Å²) in [5, 5.41) is 74.2. The SMILES string of the molecule is N[C@@H](CO)C(=O)N[C@@H](CCC(=O)O)C(=O)N[C@@H](CCC(=O)O)C(=O)N[C@@H](CCC(=O)O)C(=O)N[C@@H](CCC(=O)O)C(=O)N[C@@H](CCC(=O)O)C(=O)O. The van der Waals surface area contributed by atoms with Gasteiger partial charge in [0.15, 0.2) is 0 Å². The first-order chi connectivity index (χ1) is 24.2. The Labute approximate surface area is 293 Å². The number of aliphatic hydroxyl groups is 1. The molecular formula is C28H42N6O18. The molecule has 24 nitrogen and oxygen atoms in total. The average molecular weight is 751 g/mol. The molecule has 0 heterocycles. The highest BCUT2D eigenvalue weighted by atomic mass is 16.4. The molecule has 0 aliphatic carbocycles. The van der Waals surface area contributed by atoms with E-state index in [1.165, 1.54) is 0 Å². The molecule has 0 rings (SSSR count). The van der Waals surface area contributed by atoms with E-state index in [0.717, 1.165) is 0 Å². The molecule has 292 valence electrons. The molecule has 0 aromatic rings. The fourth-order valence-corrected chi connectivity index (χ4v) is 4.12. The lowest BCUT2D eigenvalue weighted by Crippen LogP contribution is -2.59. The van der Waals surface area contributed by atoms with E-state index < -0.39 is 172 Å². The zero-order valence-corrected chi connectivity index (χ0v) is 27.4. The van der Waals surface area contributed by atoms with Crippen molar-refractivity contribution >= 4 is 65.4 Å². The maximum Gasteiger partial charge on any atom is 0.326 e. The highest BCUT2D eigenvalue weighted by Crippen LogP contribution is 2.08. The summed E-state index contributed by atoms with van der Waals surface area (Å²) in [6.45, 7) is -0.869. The van der Waals surface area contributed by atoms with Crippen LogP contribution in [0, 0.1) is 0 Å². The van der Waals surface area contributed by atoms with Crippen LogP contribution in [0.1, 0.15) is 64.2 Å². The number of carbonyl (C=O) groups is 11. The second-order valence-electron chi connectivity index (χ2n) is 11.1. The van der Waals surface area contributed by atoms with Gasteiger partial charge in [-0.25, -0.2) is 4.79 Å². The van der Waals surface area contributed by atoms with E-state index in [1.807, 2.05) is 5.32 Å². The van der Waals surface area contributed by atoms with Gasteiger partial charge in [0.2, 0.25) is 29.5 Å². The van der Waals surface area contributed by atoms with E-state index in [9.17, 15) is 68.1 Å². The molecule has 0 radical (unpaired) electrons. The Hall–Kier alpha value is -5.91. The fourth-order valence-electron chi connectivity index (χ4n) is 4.12. The molecule has 0 unspecified atom stereocenters. The van der Waals surface area contributed by atoms with Gasteiger partial charge in [-0.2, -0.15) is 0 Å². The van der Waals surface area contributed by atoms with Crippen molar-refractivity contribution in [2.24, 2.45) is 5.73 Å². The van der Waals surface area contributed by atoms with E-state index >= 15 is 0 Å². The Balaban J connectivity index is 6.37. The van der Waals surface area contributed by atoms with E-state index in [1.54, 1.807) is 0 Å². The number of hydrogen-bond donors (Lipinski definition) is 13. The highest BCUT2D eigenvalue weighted by molar-refractivity contribution is 5.97. The molecule has 0 aromatic carbocycles. The number of nitrogens with two attached hydrogens (primary N) is 1. The van der Waals surface area contributed by atoms with Crippen LogP contribution < -0.4 is 32.3 Å². The molecule has 0 spiro atoms. The van der Waals surface area contributed by atoms with Gasteiger partial charge >= 0.3 is 35.8 Å². The topological polar surface area (TPSA) is 416 Å². The number of aliphatic carboxylic acids is 6. The number of carbonyl (C=O) groups excluding carboxylic acids is 5. The first-order valence-corrected chi connectivity index (χ1v) is 15.4. The average Bonchev–Trinajstić information content (AvgIpc) is 3.05. The minimum Gasteiger partial charge on any atom is -0.481 e. The van der Waals surface area contributed by atoms with Crippen LogP contribution in [-0.4, -0.2) is 144 Å². The second kappa shape index (κ2) is 23.5. The molecule has 0 bridgehead atoms. The molecule has 0 aliphatic heterocycles. The Bertz CT molecular complexity index is 1360. The Morgan fingerprint density at radius 1 is 0.385 bits per heavy atom. The van der Waals surface area contributed by atoms with Crippen LogP contribution in [0.2, 0.25) is 0 Å². The van der Waals surface area contributed by atoms with Gasteiger partial charge in [-0.15, -0.1) is 0 Å². The summed E-state index contributed by atoms with van der Waals surface area (Å²) in [6.07, 6.45) is -6.97. The third kappa shape index (κ3) is 19.3. The first-order valence-electron chi connectivity index (χ1n) is 15.4. The van der Waals surface area contributed by atoms with Crippen LogP contribution in [0.5, 0.6) is 0 Å². The van der Waals surface area contributed by atoms with Gasteiger partial charge in [-0.1, -0.05) is 0 Å². The normalized spacial score (nSPS) is 14.1. The van der Waals surface area contributed by atoms with E-state index in [4.69, 9.17) is 26.2 Å². The van der Waals surface area contributed by atoms with Gasteiger partial charge in [-0.3, -0.25) is 47.9 Å². The van der Waals surface area contributed by atoms with Crippen LogP contribution in [0.3, 0.4) is 0 Å². The number of aliphatic hydroxyl groups excluding tert-OH is 1. The summed E-state index contributed by atoms with van der Waals surface area (Å²) in [7, 11) is 0. The summed E-state index contributed by atoms with van der Waals surface area (Å²) in [6, 6.07) is -10.6. The summed E-state index contributed by atoms with van der Waals surface area (Å²) in [5.41, 5.74) is 5.41. The van der Waals surface area contributed by atoms with Crippen LogP contribution in [0.15, 0.2) is 0 Å². The minimum absolute atomic E-state index is 0.569. The van der Waals surface area contributed by atoms with Crippen molar-refractivity contribution in [2.75, 3.05) is 6.61 Å². The highest BCUT2D eigenvalue weighted by Gasteiger charge is 2.33. The van der Waals surface area contributed by atoms with Crippen LogP contribution in [0.25, 0.3) is 0 Å². The lowest BCUT2D eigenvalue weighted by molar-refractivity contribution is -0.144. The third-order valence-electron chi connectivity index (χ3n) is 6.91. The molecule has 0 aromatic heterocycles. The lowest BCUT2D eigenvalue weighted by Gasteiger charge is -2.27. The van der Waals surface area contributed by atoms with E-state index in [2.05, 4.69) is 21.3 Å². The zero-order valence-electron chi connectivity index (χ0n) is 27.4. The number of nitrogens with one attached hydrogen (secondary N) is 5. The summed E-state index contributed by atoms with van der Waals surface area (Å²) < 4.78 is 0. The predicted molar refractivity (Wildman–Crippen MR) is 167 cm³/mol. The van der Waals surface area contributed by atoms with Crippen molar-refractivity contribution in [1.82, 2.24) is 26.6 Å². The maximum atomic E-state index is 13.3. The summed E-state index contributed by atoms with van der Waals surface area (Å²) >= 11 is 0. The van der Waals surface area contributed by atoms with Crippen LogP contribution >= 0.6 is 0 Å². The molecule has 6 atom stereocenters. The molecule has 14 N–H and O–H groups in total. The summed E-state index contributed by atoms with van der Waals surface area (Å²) in [4.78, 5) is 132. The molecule has 0 aliphatic rings. The maximum absolute atomic E-state index is 13.3. The van der Waals surface area contributed by atoms with Crippen molar-refractivity contribution < 1.29 is 88.5 Å². The number of carboxylic acid groups (broad SMARTS) is 6. The van der Waals surface area contributed by atoms with Gasteiger partial charge < -0.3 is 68.1 Å². The number of carboxylic acids is 6. The van der Waals surface area contributed by atoms with Crippen molar-refractivity contribution in [2.45, 2.75) is 100 Å². The molecule has 24 heteroatoms. The van der Waals surface area contributed by atoms with Gasteiger partial charge in [0, 0.05) is 32.1 Å². The Morgan fingerprint density at radius 3 is 0.808 bits per heavy atom. The monoisotopic (exact) mass is 750 g/mol. The molecule has 52 heavy (non-hydrogen) atoms. The van der Waals surface area contributed by atoms with Crippen molar-refractivity contribution in [3.8, 4) is 0 Å². The minimum atomic E-state index is -1.87. The number of amides is 5. The molecule has 0 fully saturated rings. The number of hydrogen-bond acceptors (Lipinski definition) is 13. The molecule has 5 amide bonds. The third-order valence-corrected chi connectivity index (χ3v) is 6.91. The Kier molecular flexibility index (Phi) is 20.8. The fraction of sp³-hybridized carbons (Fsp3) is 0.607. The van der Waals surface area contributed by atoms with Crippen molar-refractivity contribution in [3.63, 3.8) is 0 Å². The summed E-state index contributed by atoms with van der Waals surface area (Å²) in [5.74, 6) is -15.1. The Morgan fingerprint density at radius 2 is 0.596 bits per heavy atom. The quantitative estimate of drug-likeness (QED) is 0.0374. The van der Waals surface area contributed by atoms with Gasteiger partial charge in [-0.05, 0) is 32.1 Å². The van der Waals surface area contributed by atoms with Gasteiger partial charge in [0.25, 0.3) is 0 Å². The van der Waals surface area contributed by atoms with Crippen molar-refractivity contribution in [1.29, 1.82) is 0 Å². The zero-order chi connectivity index (χ0) is 40.1. The lowest BCUT2D eigenvalue weighted by atomic mass is 10.0. The van der Waals surface area contributed by atoms with E-state index in [-0.39, 0.29) is 0 Å². The standard InChI is InChI=1S/C28H42N6O18/c29-12(11-35)23(46)30-13(1-6-18(36)37)24(47)31-14(2-7-19(38)39)25(48)32-15(3-8-20(40)41)26(49)33-16(4-9-21(42)43)27(50)34-17(28(51)52)5-10-22(44)45/h12-17,35H,1-11,29H2,(H,30,46)(H,31,47)(H,32,48)(H,33,49)(H,34,50)(H,36,37)(H,38,39)(H,40,41)(H,42,43)(H,44,45)(H,51,52)/t12-,13-,14-,15-,16-,17-/m0/s1. The van der Waals surface area contributed by atoms with Gasteiger partial charge in [0.05, 0.1) is 6.61 Å². The molecule has 0 saturated heterocycles. The van der Waals surface area contributed by atoms with Crippen LogP contribution in [0.4, 0.5) is 0 Å². The van der Waals surface area contributed by atoms with Crippen LogP contribution in [-0.2, 0) is 52.7 Å². The largest absolute Gasteiger partial charge is 0.481 e. The predicted octanol–water partition coefficient (Wildman–Crippen LogP) is -4.86. The number of rotatable bonds is 27. The second-order valence-corrected chi connectivity index (χ2v) is 11.1. The van der Waals surface area contributed by atoms with Gasteiger partial charge in [0.1, 0.15) is 36.3 Å².